The third-order valence-electron chi connectivity index (χ3n) is 4.87. The molecule has 8 nitrogen and oxygen atoms in total. The van der Waals surface area contributed by atoms with Crippen LogP contribution in [0.25, 0.3) is 0 Å². The molecule has 0 radical (unpaired) electrons. The quantitative estimate of drug-likeness (QED) is 0.660. The van der Waals surface area contributed by atoms with Crippen LogP contribution >= 0.6 is 0 Å². The number of piperidine rings is 1. The summed E-state index contributed by atoms with van der Waals surface area (Å²) in [6.45, 7) is 5.01. The highest BCUT2D eigenvalue weighted by atomic mass is 16.5. The highest BCUT2D eigenvalue weighted by molar-refractivity contribution is 5.94. The first-order valence-electron chi connectivity index (χ1n) is 9.95. The van der Waals surface area contributed by atoms with Crippen molar-refractivity contribution in [1.82, 2.24) is 15.3 Å². The molecule has 2 N–H and O–H groups in total. The van der Waals surface area contributed by atoms with Crippen molar-refractivity contribution in [1.29, 1.82) is 0 Å². The monoisotopic (exact) mass is 399 g/mol. The number of aryl methyl sites for hydroxylation is 1. The average Bonchev–Trinajstić information content (AvgIpc) is 2.76. The number of hydrogen-bond acceptors (Lipinski definition) is 7. The highest BCUT2D eigenvalue weighted by Gasteiger charge is 2.14. The van der Waals surface area contributed by atoms with Crippen molar-refractivity contribution >= 4 is 17.5 Å². The van der Waals surface area contributed by atoms with Gasteiger partial charge in [-0.3, -0.25) is 4.79 Å². The van der Waals surface area contributed by atoms with E-state index < -0.39 is 0 Å². The lowest BCUT2D eigenvalue weighted by molar-refractivity contribution is 0.0954. The van der Waals surface area contributed by atoms with E-state index in [0.29, 0.717) is 30.2 Å². The molecular weight excluding hydrogens is 370 g/mol. The summed E-state index contributed by atoms with van der Waals surface area (Å²) in [5.41, 5.74) is 0.521. The van der Waals surface area contributed by atoms with Crippen LogP contribution in [0, 0.1) is 6.92 Å². The topological polar surface area (TPSA) is 88.6 Å². The molecule has 156 valence electrons. The van der Waals surface area contributed by atoms with Gasteiger partial charge in [0, 0.05) is 37.8 Å². The Labute approximate surface area is 171 Å². The molecule has 0 aliphatic carbocycles. The molecule has 1 aromatic heterocycles. The van der Waals surface area contributed by atoms with Crippen LogP contribution in [0.15, 0.2) is 24.3 Å². The summed E-state index contributed by atoms with van der Waals surface area (Å²) in [7, 11) is 3.11. The second-order valence-corrected chi connectivity index (χ2v) is 6.96. The summed E-state index contributed by atoms with van der Waals surface area (Å²) in [6, 6.07) is 7.08. The molecule has 3 rings (SSSR count). The van der Waals surface area contributed by atoms with Crippen LogP contribution in [-0.4, -0.2) is 56.3 Å². The van der Waals surface area contributed by atoms with Crippen LogP contribution in [0.1, 0.15) is 35.4 Å². The van der Waals surface area contributed by atoms with Crippen LogP contribution in [0.4, 0.5) is 11.6 Å². The summed E-state index contributed by atoms with van der Waals surface area (Å²) in [5.74, 6) is 3.44. The largest absolute Gasteiger partial charge is 0.493 e. The first-order chi connectivity index (χ1) is 14.1. The van der Waals surface area contributed by atoms with E-state index in [1.54, 1.807) is 32.4 Å². The van der Waals surface area contributed by atoms with Crippen LogP contribution in [0.5, 0.6) is 11.5 Å². The van der Waals surface area contributed by atoms with E-state index in [9.17, 15) is 4.79 Å². The first kappa shape index (κ1) is 20.7. The van der Waals surface area contributed by atoms with Crippen LogP contribution < -0.4 is 25.0 Å². The summed E-state index contributed by atoms with van der Waals surface area (Å²) in [4.78, 5) is 23.7. The first-order valence-corrected chi connectivity index (χ1v) is 9.95. The predicted octanol–water partition coefficient (Wildman–Crippen LogP) is 2.63. The van der Waals surface area contributed by atoms with Gasteiger partial charge in [-0.1, -0.05) is 0 Å². The lowest BCUT2D eigenvalue weighted by Gasteiger charge is -2.28. The number of aromatic nitrogens is 2. The molecule has 2 aromatic rings. The maximum atomic E-state index is 12.4. The minimum Gasteiger partial charge on any atom is -0.493 e. The Morgan fingerprint density at radius 3 is 2.52 bits per heavy atom. The Kier molecular flexibility index (Phi) is 7.10. The minimum absolute atomic E-state index is 0.166. The maximum Gasteiger partial charge on any atom is 0.251 e. The zero-order valence-corrected chi connectivity index (χ0v) is 17.3. The lowest BCUT2D eigenvalue weighted by atomic mass is 10.1. The number of hydrogen-bond donors (Lipinski definition) is 2. The zero-order chi connectivity index (χ0) is 20.6. The molecule has 0 atom stereocenters. The van der Waals surface area contributed by atoms with Gasteiger partial charge < -0.3 is 25.0 Å². The fourth-order valence-electron chi connectivity index (χ4n) is 3.37. The number of amides is 1. The van der Waals surface area contributed by atoms with Crippen LogP contribution in [-0.2, 0) is 0 Å². The molecular formula is C21H29N5O3. The van der Waals surface area contributed by atoms with Crippen molar-refractivity contribution in [3.8, 4) is 11.5 Å². The van der Waals surface area contributed by atoms with Gasteiger partial charge in [-0.15, -0.1) is 0 Å². The van der Waals surface area contributed by atoms with Gasteiger partial charge in [-0.2, -0.15) is 0 Å². The third kappa shape index (κ3) is 5.49. The Bertz CT molecular complexity index is 837. The Morgan fingerprint density at radius 2 is 1.79 bits per heavy atom. The van der Waals surface area contributed by atoms with Crippen molar-refractivity contribution in [3.05, 3.63) is 35.7 Å². The Balaban J connectivity index is 1.52. The molecule has 1 aliphatic rings. The number of methoxy groups -OCH3 is 2. The van der Waals surface area contributed by atoms with Crippen molar-refractivity contribution in [2.45, 2.75) is 26.2 Å². The van der Waals surface area contributed by atoms with Crippen molar-refractivity contribution < 1.29 is 14.3 Å². The van der Waals surface area contributed by atoms with Gasteiger partial charge in [0.2, 0.25) is 0 Å². The molecule has 2 heterocycles. The van der Waals surface area contributed by atoms with Crippen molar-refractivity contribution in [2.24, 2.45) is 0 Å². The fourth-order valence-corrected chi connectivity index (χ4v) is 3.37. The molecule has 8 heteroatoms. The summed E-state index contributed by atoms with van der Waals surface area (Å²) in [6.07, 6.45) is 3.69. The number of nitrogens with zero attached hydrogens (tertiary/aromatic N) is 3. The maximum absolute atomic E-state index is 12.4. The summed E-state index contributed by atoms with van der Waals surface area (Å²) >= 11 is 0. The summed E-state index contributed by atoms with van der Waals surface area (Å²) in [5, 5.41) is 6.17. The summed E-state index contributed by atoms with van der Waals surface area (Å²) < 4.78 is 10.4. The SMILES string of the molecule is COc1ccc(C(=O)NCCNc2cc(N3CCCCC3)nc(C)n2)cc1OC. The number of carbonyl (C=O) groups excluding carboxylic acids is 1. The molecule has 1 aliphatic heterocycles. The van der Waals surface area contributed by atoms with Crippen molar-refractivity contribution in [3.63, 3.8) is 0 Å². The van der Waals surface area contributed by atoms with Gasteiger partial charge in [0.25, 0.3) is 5.91 Å². The Hall–Kier alpha value is -3.03. The van der Waals surface area contributed by atoms with Gasteiger partial charge in [-0.25, -0.2) is 9.97 Å². The van der Waals surface area contributed by atoms with E-state index in [4.69, 9.17) is 9.47 Å². The van der Waals surface area contributed by atoms with E-state index in [1.165, 1.54) is 19.3 Å². The molecule has 29 heavy (non-hydrogen) atoms. The highest BCUT2D eigenvalue weighted by Crippen LogP contribution is 2.27. The number of carbonyl (C=O) groups is 1. The molecule has 1 amide bonds. The van der Waals surface area contributed by atoms with E-state index in [-0.39, 0.29) is 5.91 Å². The predicted molar refractivity (Wildman–Crippen MR) is 113 cm³/mol. The van der Waals surface area contributed by atoms with E-state index in [2.05, 4.69) is 25.5 Å². The molecule has 0 unspecified atom stereocenters. The molecule has 0 saturated carbocycles. The zero-order valence-electron chi connectivity index (χ0n) is 17.3. The van der Waals surface area contributed by atoms with Gasteiger partial charge in [0.1, 0.15) is 17.5 Å². The van der Waals surface area contributed by atoms with Crippen LogP contribution in [0.3, 0.4) is 0 Å². The van der Waals surface area contributed by atoms with Crippen molar-refractivity contribution in [2.75, 3.05) is 50.6 Å². The number of nitrogens with one attached hydrogen (secondary N) is 2. The van der Waals surface area contributed by atoms with Gasteiger partial charge in [-0.05, 0) is 44.4 Å². The molecule has 1 fully saturated rings. The van der Waals surface area contributed by atoms with E-state index in [0.717, 1.165) is 30.5 Å². The third-order valence-corrected chi connectivity index (χ3v) is 4.87. The number of rotatable bonds is 8. The minimum atomic E-state index is -0.166. The number of ether oxygens (including phenoxy) is 2. The lowest BCUT2D eigenvalue weighted by Crippen LogP contribution is -2.31. The standard InChI is InChI=1S/C21H29N5O3/c1-15-24-19(14-20(25-15)26-11-5-4-6-12-26)22-9-10-23-21(27)16-7-8-17(28-2)18(13-16)29-3/h7-8,13-14H,4-6,9-12H2,1-3H3,(H,23,27)(H,22,24,25). The second kappa shape index (κ2) is 9.95. The molecule has 0 spiro atoms. The van der Waals surface area contributed by atoms with E-state index >= 15 is 0 Å². The van der Waals surface area contributed by atoms with Gasteiger partial charge >= 0.3 is 0 Å². The average molecular weight is 399 g/mol. The number of anilines is 2. The van der Waals surface area contributed by atoms with Crippen LogP contribution in [0.2, 0.25) is 0 Å². The molecule has 1 aromatic carbocycles. The number of benzene rings is 1. The van der Waals surface area contributed by atoms with Gasteiger partial charge in [0.05, 0.1) is 14.2 Å². The molecule has 0 bridgehead atoms. The van der Waals surface area contributed by atoms with Gasteiger partial charge in [0.15, 0.2) is 11.5 Å². The fraction of sp³-hybridized carbons (Fsp3) is 0.476. The normalized spacial score (nSPS) is 13.7. The molecule has 1 saturated heterocycles. The van der Waals surface area contributed by atoms with E-state index in [1.807, 2.05) is 13.0 Å². The second-order valence-electron chi connectivity index (χ2n) is 6.96. The smallest absolute Gasteiger partial charge is 0.251 e. The Morgan fingerprint density at radius 1 is 1.03 bits per heavy atom.